The van der Waals surface area contributed by atoms with Crippen molar-refractivity contribution in [2.45, 2.75) is 39.6 Å². The minimum Gasteiger partial charge on any atom is -0.423 e. The molecule has 1 amide bonds. The highest BCUT2D eigenvalue weighted by molar-refractivity contribution is 6.61. The van der Waals surface area contributed by atoms with Crippen LogP contribution in [0.2, 0.25) is 13.1 Å². The van der Waals surface area contributed by atoms with E-state index >= 15 is 0 Å². The van der Waals surface area contributed by atoms with Crippen LogP contribution in [0.3, 0.4) is 0 Å². The summed E-state index contributed by atoms with van der Waals surface area (Å²) < 4.78 is 5.16. The van der Waals surface area contributed by atoms with Crippen LogP contribution in [0.15, 0.2) is 18.2 Å². The van der Waals surface area contributed by atoms with E-state index in [1.54, 1.807) is 6.07 Å². The van der Waals surface area contributed by atoms with Crippen LogP contribution < -0.4 is 5.46 Å². The molecule has 0 aliphatic carbocycles. The third-order valence-corrected chi connectivity index (χ3v) is 3.60. The van der Waals surface area contributed by atoms with Crippen molar-refractivity contribution in [3.8, 4) is 0 Å². The summed E-state index contributed by atoms with van der Waals surface area (Å²) in [7, 11) is 1.15. The van der Waals surface area contributed by atoms with Crippen molar-refractivity contribution in [2.24, 2.45) is 0 Å². The van der Waals surface area contributed by atoms with Crippen LogP contribution in [0.5, 0.6) is 0 Å². The lowest BCUT2D eigenvalue weighted by atomic mass is 9.77. The van der Waals surface area contributed by atoms with Crippen LogP contribution in [0, 0.1) is 0 Å². The van der Waals surface area contributed by atoms with Crippen LogP contribution >= 0.6 is 0 Å². The van der Waals surface area contributed by atoms with Gasteiger partial charge in [0.05, 0.1) is 6.61 Å². The topological polar surface area (TPSA) is 49.8 Å². The molecule has 0 bridgehead atoms. The molecule has 1 aromatic carbocycles. The molecule has 1 aliphatic rings. The minimum atomic E-state index is -0.908. The molecule has 1 radical (unpaired) electrons. The van der Waals surface area contributed by atoms with Gasteiger partial charge < -0.3 is 14.6 Å². The summed E-state index contributed by atoms with van der Waals surface area (Å²) in [5.41, 5.74) is 2.27. The van der Waals surface area contributed by atoms with E-state index in [4.69, 9.17) is 4.65 Å². The Morgan fingerprint density at radius 3 is 2.95 bits per heavy atom. The van der Waals surface area contributed by atoms with Crippen molar-refractivity contribution in [3.63, 3.8) is 0 Å². The van der Waals surface area contributed by atoms with Crippen molar-refractivity contribution in [1.82, 2.24) is 4.90 Å². The predicted octanol–water partition coefficient (Wildman–Crippen LogP) is 0.925. The summed E-state index contributed by atoms with van der Waals surface area (Å²) in [4.78, 5) is 14.4. The molecule has 20 heavy (non-hydrogen) atoms. The van der Waals surface area contributed by atoms with Gasteiger partial charge in [-0.15, -0.1) is 0 Å². The van der Waals surface area contributed by atoms with Gasteiger partial charge in [-0.1, -0.05) is 19.2 Å². The molecule has 4 nitrogen and oxygen atoms in total. The Morgan fingerprint density at radius 1 is 1.55 bits per heavy atom. The minimum absolute atomic E-state index is 0.00347. The quantitative estimate of drug-likeness (QED) is 0.811. The van der Waals surface area contributed by atoms with Crippen molar-refractivity contribution in [3.05, 3.63) is 29.3 Å². The molecule has 0 fully saturated rings. The first-order valence-electron chi connectivity index (χ1n) is 7.06. The van der Waals surface area contributed by atoms with Crippen LogP contribution in [-0.2, 0) is 11.3 Å². The van der Waals surface area contributed by atoms with Gasteiger partial charge in [0.1, 0.15) is 7.28 Å². The maximum atomic E-state index is 12.6. The fourth-order valence-corrected chi connectivity index (χ4v) is 2.38. The molecule has 1 aromatic rings. The molecule has 0 saturated heterocycles. The Morgan fingerprint density at radius 2 is 2.30 bits per heavy atom. The Bertz CT molecular complexity index is 493. The van der Waals surface area contributed by atoms with E-state index in [-0.39, 0.29) is 11.9 Å². The summed E-state index contributed by atoms with van der Waals surface area (Å²) in [6, 6.07) is 5.58. The molecule has 6 heteroatoms. The monoisotopic (exact) mass is 272 g/mol. The highest BCUT2D eigenvalue weighted by Gasteiger charge is 2.29. The average molecular weight is 272 g/mol. The second-order valence-electron chi connectivity index (χ2n) is 5.37. The molecule has 1 N–H and O–H groups in total. The smallest absolute Gasteiger partial charge is 0.423 e. The Kier molecular flexibility index (Phi) is 4.89. The number of carbonyl (C=O) groups is 1. The fourth-order valence-electron chi connectivity index (χ4n) is 2.38. The van der Waals surface area contributed by atoms with Crippen LogP contribution in [0.25, 0.3) is 0 Å². The van der Waals surface area contributed by atoms with Gasteiger partial charge in [0.15, 0.2) is 0 Å². The van der Waals surface area contributed by atoms with E-state index in [9.17, 15) is 9.82 Å². The molecule has 0 atom stereocenters. The standard InChI is InChI=1S/C14H20B2NO3/c1-10(2)17(7-6-15-3)14(18)11-4-5-12-9-20-16(19)13(12)8-11/h4-5,8,10,19H,6-7,9H2,1-3H3. The third kappa shape index (κ3) is 3.07. The zero-order valence-electron chi connectivity index (χ0n) is 12.3. The van der Waals surface area contributed by atoms with E-state index in [1.165, 1.54) is 0 Å². The second kappa shape index (κ2) is 6.46. The Labute approximate surface area is 121 Å². The number of benzene rings is 1. The first kappa shape index (κ1) is 15.1. The molecule has 0 spiro atoms. The Balaban J connectivity index is 2.21. The van der Waals surface area contributed by atoms with E-state index in [2.05, 4.69) is 7.28 Å². The molecule has 2 rings (SSSR count). The van der Waals surface area contributed by atoms with Crippen LogP contribution in [0.4, 0.5) is 0 Å². The van der Waals surface area contributed by atoms with Crippen molar-refractivity contribution >= 4 is 25.8 Å². The fraction of sp³-hybridized carbons (Fsp3) is 0.500. The Hall–Kier alpha value is -1.26. The number of hydrogen-bond donors (Lipinski definition) is 1. The lowest BCUT2D eigenvalue weighted by Crippen LogP contribution is -2.38. The summed E-state index contributed by atoms with van der Waals surface area (Å²) in [6.45, 7) is 7.14. The summed E-state index contributed by atoms with van der Waals surface area (Å²) in [5.74, 6) is 0.00347. The maximum Gasteiger partial charge on any atom is 0.491 e. The first-order valence-corrected chi connectivity index (χ1v) is 7.06. The van der Waals surface area contributed by atoms with Gasteiger partial charge in [-0.2, -0.15) is 0 Å². The van der Waals surface area contributed by atoms with Gasteiger partial charge in [-0.05, 0) is 37.0 Å². The first-order chi connectivity index (χ1) is 9.54. The van der Waals surface area contributed by atoms with E-state index in [0.29, 0.717) is 24.2 Å². The second-order valence-corrected chi connectivity index (χ2v) is 5.37. The SMILES string of the molecule is C[B]CCN(C(=O)c1ccc2c(c1)B(O)OC2)C(C)C. The zero-order chi connectivity index (χ0) is 14.7. The maximum absolute atomic E-state index is 12.6. The van der Waals surface area contributed by atoms with Crippen LogP contribution in [0.1, 0.15) is 29.8 Å². The molecule has 0 unspecified atom stereocenters. The van der Waals surface area contributed by atoms with Gasteiger partial charge in [-0.3, -0.25) is 4.79 Å². The summed E-state index contributed by atoms with van der Waals surface area (Å²) in [5, 5.41) is 9.72. The van der Waals surface area contributed by atoms with E-state index < -0.39 is 7.12 Å². The zero-order valence-corrected chi connectivity index (χ0v) is 12.3. The lowest BCUT2D eigenvalue weighted by molar-refractivity contribution is 0.0717. The predicted molar refractivity (Wildman–Crippen MR) is 81.4 cm³/mol. The van der Waals surface area contributed by atoms with Gasteiger partial charge in [0.25, 0.3) is 5.91 Å². The summed E-state index contributed by atoms with van der Waals surface area (Å²) >= 11 is 0. The molecule has 0 aromatic heterocycles. The number of fused-ring (bicyclic) bond motifs is 1. The number of amides is 1. The number of nitrogens with zero attached hydrogens (tertiary/aromatic N) is 1. The molecular formula is C14H20B2NO3. The molecule has 1 aliphatic heterocycles. The van der Waals surface area contributed by atoms with Crippen molar-refractivity contribution < 1.29 is 14.5 Å². The third-order valence-electron chi connectivity index (χ3n) is 3.60. The van der Waals surface area contributed by atoms with E-state index in [0.717, 1.165) is 11.9 Å². The van der Waals surface area contributed by atoms with E-state index in [1.807, 2.05) is 37.7 Å². The highest BCUT2D eigenvalue weighted by Crippen LogP contribution is 2.14. The highest BCUT2D eigenvalue weighted by atomic mass is 16.5. The van der Waals surface area contributed by atoms with Gasteiger partial charge in [-0.25, -0.2) is 0 Å². The number of carbonyl (C=O) groups excluding carboxylic acids is 1. The van der Waals surface area contributed by atoms with Crippen molar-refractivity contribution in [2.75, 3.05) is 6.54 Å². The van der Waals surface area contributed by atoms with Crippen LogP contribution in [-0.4, -0.2) is 42.8 Å². The largest absolute Gasteiger partial charge is 0.491 e. The molecule has 1 heterocycles. The number of rotatable bonds is 5. The summed E-state index contributed by atoms with van der Waals surface area (Å²) in [6.07, 6.45) is 0.876. The van der Waals surface area contributed by atoms with Gasteiger partial charge in [0.2, 0.25) is 0 Å². The molecular weight excluding hydrogens is 252 g/mol. The lowest BCUT2D eigenvalue weighted by Gasteiger charge is -2.27. The molecule has 0 saturated carbocycles. The van der Waals surface area contributed by atoms with Crippen molar-refractivity contribution in [1.29, 1.82) is 0 Å². The van der Waals surface area contributed by atoms with Gasteiger partial charge >= 0.3 is 7.12 Å². The number of hydrogen-bond acceptors (Lipinski definition) is 3. The normalized spacial score (nSPS) is 13.6. The van der Waals surface area contributed by atoms with Gasteiger partial charge in [0, 0.05) is 18.2 Å². The molecule has 105 valence electrons. The average Bonchev–Trinajstić information content (AvgIpc) is 2.80.